The fourth-order valence-electron chi connectivity index (χ4n) is 2.36. The first-order valence-corrected chi connectivity index (χ1v) is 10.6. The van der Waals surface area contributed by atoms with E-state index in [1.165, 1.54) is 6.07 Å². The number of carbonyl (C=O) groups is 2. The third-order valence-electron chi connectivity index (χ3n) is 3.72. The molecular formula is C18H22N2O5S2. The van der Waals surface area contributed by atoms with Gasteiger partial charge in [-0.25, -0.2) is 8.42 Å². The number of esters is 1. The van der Waals surface area contributed by atoms with E-state index in [4.69, 9.17) is 4.74 Å². The van der Waals surface area contributed by atoms with Crippen LogP contribution in [0.5, 0.6) is 0 Å². The van der Waals surface area contributed by atoms with E-state index >= 15 is 0 Å². The number of sulfonamides is 1. The number of rotatable bonds is 8. The minimum absolute atomic E-state index is 0.105. The molecule has 27 heavy (non-hydrogen) atoms. The van der Waals surface area contributed by atoms with Gasteiger partial charge in [0.15, 0.2) is 6.61 Å². The maximum absolute atomic E-state index is 12.1. The van der Waals surface area contributed by atoms with Crippen molar-refractivity contribution in [2.24, 2.45) is 0 Å². The Morgan fingerprint density at radius 1 is 1.19 bits per heavy atom. The lowest BCUT2D eigenvalue weighted by Crippen LogP contribution is -2.32. The molecule has 0 bridgehead atoms. The molecule has 9 heteroatoms. The maximum Gasteiger partial charge on any atom is 0.321 e. The fraction of sp³-hybridized carbons (Fsp3) is 0.333. The van der Waals surface area contributed by atoms with Crippen molar-refractivity contribution >= 4 is 38.9 Å². The number of ether oxygens (including phenoxy) is 1. The zero-order valence-corrected chi connectivity index (χ0v) is 16.9. The van der Waals surface area contributed by atoms with Gasteiger partial charge in [0.05, 0.1) is 0 Å². The molecule has 2 N–H and O–H groups in total. The van der Waals surface area contributed by atoms with Gasteiger partial charge in [-0.1, -0.05) is 38.1 Å². The maximum atomic E-state index is 12.1. The summed E-state index contributed by atoms with van der Waals surface area (Å²) in [5.41, 5.74) is 2.59. The molecule has 0 fully saturated rings. The molecular weight excluding hydrogens is 388 g/mol. The van der Waals surface area contributed by atoms with E-state index in [9.17, 15) is 18.0 Å². The highest BCUT2D eigenvalue weighted by Gasteiger charge is 2.18. The standard InChI is InChI=1S/C18H22N2O5S2/c1-12(2)14-7-4-6-13(3)18(14)20-15(21)11-25-16(22)10-19-27(23,24)17-8-5-9-26-17/h4-9,12,19H,10-11H2,1-3H3,(H,20,21). The SMILES string of the molecule is Cc1cccc(C(C)C)c1NC(=O)COC(=O)CNS(=O)(=O)c1cccs1. The summed E-state index contributed by atoms with van der Waals surface area (Å²) in [5, 5.41) is 4.38. The summed E-state index contributed by atoms with van der Waals surface area (Å²) in [5.74, 6) is -1.10. The van der Waals surface area contributed by atoms with Gasteiger partial charge in [0.2, 0.25) is 0 Å². The summed E-state index contributed by atoms with van der Waals surface area (Å²) in [4.78, 5) is 23.8. The average molecular weight is 411 g/mol. The summed E-state index contributed by atoms with van der Waals surface area (Å²) in [6.07, 6.45) is 0. The van der Waals surface area contributed by atoms with Crippen LogP contribution < -0.4 is 10.0 Å². The van der Waals surface area contributed by atoms with Crippen LogP contribution in [0.1, 0.15) is 30.9 Å². The van der Waals surface area contributed by atoms with Gasteiger partial charge in [-0.05, 0) is 35.4 Å². The Hall–Kier alpha value is -2.23. The van der Waals surface area contributed by atoms with E-state index in [0.717, 1.165) is 22.5 Å². The number of amides is 1. The van der Waals surface area contributed by atoms with E-state index in [1.807, 2.05) is 39.0 Å². The Morgan fingerprint density at radius 2 is 1.93 bits per heavy atom. The van der Waals surface area contributed by atoms with Crippen LogP contribution in [-0.2, 0) is 24.3 Å². The Kier molecular flexibility index (Phi) is 7.11. The summed E-state index contributed by atoms with van der Waals surface area (Å²) in [6.45, 7) is 4.88. The second-order valence-corrected chi connectivity index (χ2v) is 9.10. The molecule has 1 aromatic carbocycles. The van der Waals surface area contributed by atoms with Gasteiger partial charge in [-0.15, -0.1) is 11.3 Å². The van der Waals surface area contributed by atoms with Crippen LogP contribution in [-0.4, -0.2) is 33.4 Å². The molecule has 1 aromatic heterocycles. The summed E-state index contributed by atoms with van der Waals surface area (Å²) < 4.78 is 31.0. The number of para-hydroxylation sites is 1. The lowest BCUT2D eigenvalue weighted by molar-refractivity contribution is -0.146. The van der Waals surface area contributed by atoms with Gasteiger partial charge < -0.3 is 10.1 Å². The van der Waals surface area contributed by atoms with E-state index in [0.29, 0.717) is 5.69 Å². The smallest absolute Gasteiger partial charge is 0.321 e. The number of aryl methyl sites for hydroxylation is 1. The van der Waals surface area contributed by atoms with Crippen molar-refractivity contribution in [1.82, 2.24) is 4.72 Å². The lowest BCUT2D eigenvalue weighted by Gasteiger charge is -2.16. The van der Waals surface area contributed by atoms with Gasteiger partial charge >= 0.3 is 5.97 Å². The van der Waals surface area contributed by atoms with Crippen molar-refractivity contribution in [2.45, 2.75) is 30.9 Å². The number of hydrogen-bond donors (Lipinski definition) is 2. The van der Waals surface area contributed by atoms with Crippen molar-refractivity contribution in [3.63, 3.8) is 0 Å². The first-order valence-electron chi connectivity index (χ1n) is 8.29. The van der Waals surface area contributed by atoms with Crippen LogP contribution >= 0.6 is 11.3 Å². The zero-order chi connectivity index (χ0) is 20.0. The van der Waals surface area contributed by atoms with Crippen molar-refractivity contribution in [3.8, 4) is 0 Å². The van der Waals surface area contributed by atoms with Crippen molar-refractivity contribution in [1.29, 1.82) is 0 Å². The molecule has 0 aliphatic heterocycles. The van der Waals surface area contributed by atoms with E-state index in [-0.39, 0.29) is 10.1 Å². The monoisotopic (exact) mass is 410 g/mol. The second kappa shape index (κ2) is 9.12. The number of anilines is 1. The summed E-state index contributed by atoms with van der Waals surface area (Å²) in [7, 11) is -3.75. The third-order valence-corrected chi connectivity index (χ3v) is 6.52. The van der Waals surface area contributed by atoms with E-state index in [2.05, 4.69) is 10.0 Å². The van der Waals surface area contributed by atoms with Crippen LogP contribution in [0, 0.1) is 6.92 Å². The molecule has 0 spiro atoms. The van der Waals surface area contributed by atoms with Crippen molar-refractivity contribution < 1.29 is 22.7 Å². The summed E-state index contributed by atoms with van der Waals surface area (Å²) >= 11 is 1.04. The molecule has 0 saturated carbocycles. The second-order valence-electron chi connectivity index (χ2n) is 6.16. The minimum Gasteiger partial charge on any atom is -0.455 e. The van der Waals surface area contributed by atoms with Gasteiger partial charge in [0.25, 0.3) is 15.9 Å². The predicted octanol–water partition coefficient (Wildman–Crippen LogP) is 2.64. The molecule has 2 aromatic rings. The number of hydrogen-bond acceptors (Lipinski definition) is 6. The van der Waals surface area contributed by atoms with Crippen molar-refractivity contribution in [3.05, 3.63) is 46.8 Å². The van der Waals surface area contributed by atoms with Crippen LogP contribution in [0.15, 0.2) is 39.9 Å². The van der Waals surface area contributed by atoms with Crippen LogP contribution in [0.3, 0.4) is 0 Å². The highest BCUT2D eigenvalue weighted by atomic mass is 32.2. The number of nitrogens with one attached hydrogen (secondary N) is 2. The normalized spacial score (nSPS) is 11.4. The molecule has 1 amide bonds. The molecule has 0 saturated heterocycles. The zero-order valence-electron chi connectivity index (χ0n) is 15.3. The molecule has 2 rings (SSSR count). The number of benzene rings is 1. The molecule has 0 radical (unpaired) electrons. The highest BCUT2D eigenvalue weighted by Crippen LogP contribution is 2.27. The molecule has 0 aliphatic rings. The van der Waals surface area contributed by atoms with Crippen LogP contribution in [0.2, 0.25) is 0 Å². The Balaban J connectivity index is 1.87. The molecule has 1 heterocycles. The third kappa shape index (κ3) is 5.88. The van der Waals surface area contributed by atoms with Gasteiger partial charge in [0.1, 0.15) is 10.8 Å². The first kappa shape index (κ1) is 21.1. The van der Waals surface area contributed by atoms with E-state index in [1.54, 1.807) is 11.4 Å². The van der Waals surface area contributed by atoms with Gasteiger partial charge in [-0.2, -0.15) is 4.72 Å². The quantitative estimate of drug-likeness (QED) is 0.652. The Labute approximate surface area is 162 Å². The largest absolute Gasteiger partial charge is 0.455 e. The van der Waals surface area contributed by atoms with Crippen molar-refractivity contribution in [2.75, 3.05) is 18.5 Å². The molecule has 0 atom stereocenters. The highest BCUT2D eigenvalue weighted by molar-refractivity contribution is 7.91. The number of thiophene rings is 1. The van der Waals surface area contributed by atoms with Crippen LogP contribution in [0.4, 0.5) is 5.69 Å². The topological polar surface area (TPSA) is 102 Å². The van der Waals surface area contributed by atoms with Gasteiger partial charge in [0, 0.05) is 5.69 Å². The molecule has 146 valence electrons. The molecule has 0 unspecified atom stereocenters. The fourth-order valence-corrected chi connectivity index (χ4v) is 4.36. The Morgan fingerprint density at radius 3 is 2.56 bits per heavy atom. The van der Waals surface area contributed by atoms with Gasteiger partial charge in [-0.3, -0.25) is 9.59 Å². The minimum atomic E-state index is -3.75. The average Bonchev–Trinajstić information content (AvgIpc) is 3.15. The number of carbonyl (C=O) groups excluding carboxylic acids is 2. The first-order chi connectivity index (χ1) is 12.7. The predicted molar refractivity (Wildman–Crippen MR) is 104 cm³/mol. The molecule has 7 nitrogen and oxygen atoms in total. The van der Waals surface area contributed by atoms with Crippen LogP contribution in [0.25, 0.3) is 0 Å². The molecule has 0 aliphatic carbocycles. The van der Waals surface area contributed by atoms with E-state index < -0.39 is 35.1 Å². The Bertz CT molecular complexity index is 906. The summed E-state index contributed by atoms with van der Waals surface area (Å²) in [6, 6.07) is 8.75. The lowest BCUT2D eigenvalue weighted by atomic mass is 9.98.